The van der Waals surface area contributed by atoms with Gasteiger partial charge in [-0.15, -0.1) is 5.10 Å². The van der Waals surface area contributed by atoms with Crippen LogP contribution in [-0.2, 0) is 13.1 Å². The first-order valence-corrected chi connectivity index (χ1v) is 10.6. The Bertz CT molecular complexity index is 777. The van der Waals surface area contributed by atoms with Gasteiger partial charge in [0.25, 0.3) is 5.91 Å². The first kappa shape index (κ1) is 20.5. The SMILES string of the molecule is CCOc1cc(CNCCn2cc(C(=O)N3CCSCC3)nn2)ccc1OC. The van der Waals surface area contributed by atoms with Crippen LogP contribution >= 0.6 is 11.8 Å². The van der Waals surface area contributed by atoms with E-state index in [9.17, 15) is 4.79 Å². The highest BCUT2D eigenvalue weighted by Crippen LogP contribution is 2.27. The minimum atomic E-state index is -0.0267. The molecule has 1 fully saturated rings. The van der Waals surface area contributed by atoms with Crippen molar-refractivity contribution in [3.63, 3.8) is 0 Å². The van der Waals surface area contributed by atoms with Crippen LogP contribution in [0.5, 0.6) is 11.5 Å². The standard InChI is InChI=1S/C19H27N5O3S/c1-3-27-18-12-15(4-5-17(18)26-2)13-20-6-7-24-14-16(21-22-24)19(25)23-8-10-28-11-9-23/h4-5,12,14,20H,3,6-11,13H2,1-2H3. The summed E-state index contributed by atoms with van der Waals surface area (Å²) in [6.07, 6.45) is 1.73. The Morgan fingerprint density at radius 1 is 1.29 bits per heavy atom. The first-order chi connectivity index (χ1) is 13.7. The molecular weight excluding hydrogens is 378 g/mol. The minimum absolute atomic E-state index is 0.0267. The van der Waals surface area contributed by atoms with E-state index in [-0.39, 0.29) is 5.91 Å². The third kappa shape index (κ3) is 5.39. The van der Waals surface area contributed by atoms with E-state index >= 15 is 0 Å². The number of rotatable bonds is 9. The second-order valence-electron chi connectivity index (χ2n) is 6.37. The zero-order valence-electron chi connectivity index (χ0n) is 16.4. The smallest absolute Gasteiger partial charge is 0.276 e. The van der Waals surface area contributed by atoms with Crippen molar-refractivity contribution in [2.75, 3.05) is 44.9 Å². The Hall–Kier alpha value is -2.26. The molecule has 8 nitrogen and oxygen atoms in total. The molecule has 1 aliphatic rings. The van der Waals surface area contributed by atoms with Crippen LogP contribution in [0, 0.1) is 0 Å². The lowest BCUT2D eigenvalue weighted by molar-refractivity contribution is 0.0766. The van der Waals surface area contributed by atoms with E-state index in [1.165, 1.54) is 0 Å². The molecule has 1 aromatic carbocycles. The second-order valence-corrected chi connectivity index (χ2v) is 7.59. The number of aromatic nitrogens is 3. The monoisotopic (exact) mass is 405 g/mol. The van der Waals surface area contributed by atoms with Crippen molar-refractivity contribution in [3.8, 4) is 11.5 Å². The summed E-state index contributed by atoms with van der Waals surface area (Å²) in [5.74, 6) is 3.43. The van der Waals surface area contributed by atoms with Crippen LogP contribution in [0.3, 0.4) is 0 Å². The Balaban J connectivity index is 1.46. The van der Waals surface area contributed by atoms with Crippen molar-refractivity contribution in [2.45, 2.75) is 20.0 Å². The number of hydrogen-bond donors (Lipinski definition) is 1. The molecule has 0 atom stereocenters. The Morgan fingerprint density at radius 3 is 2.86 bits per heavy atom. The zero-order valence-corrected chi connectivity index (χ0v) is 17.2. The van der Waals surface area contributed by atoms with E-state index in [4.69, 9.17) is 9.47 Å². The molecule has 0 aliphatic carbocycles. The van der Waals surface area contributed by atoms with Crippen LogP contribution in [0.15, 0.2) is 24.4 Å². The maximum absolute atomic E-state index is 12.4. The highest BCUT2D eigenvalue weighted by Gasteiger charge is 2.20. The van der Waals surface area contributed by atoms with Crippen molar-refractivity contribution in [1.82, 2.24) is 25.2 Å². The predicted molar refractivity (Wildman–Crippen MR) is 109 cm³/mol. The molecule has 2 heterocycles. The molecule has 0 spiro atoms. The molecule has 28 heavy (non-hydrogen) atoms. The molecule has 1 aromatic heterocycles. The van der Waals surface area contributed by atoms with Crippen molar-refractivity contribution >= 4 is 17.7 Å². The summed E-state index contributed by atoms with van der Waals surface area (Å²) in [5, 5.41) is 11.5. The van der Waals surface area contributed by atoms with Crippen LogP contribution in [0.1, 0.15) is 23.0 Å². The fourth-order valence-electron chi connectivity index (χ4n) is 2.96. The molecule has 2 aromatic rings. The van der Waals surface area contributed by atoms with Gasteiger partial charge in [0.2, 0.25) is 0 Å². The van der Waals surface area contributed by atoms with Gasteiger partial charge >= 0.3 is 0 Å². The molecule has 3 rings (SSSR count). The maximum atomic E-state index is 12.4. The summed E-state index contributed by atoms with van der Waals surface area (Å²) in [7, 11) is 1.64. The fraction of sp³-hybridized carbons (Fsp3) is 0.526. The van der Waals surface area contributed by atoms with Gasteiger partial charge in [0.1, 0.15) is 0 Å². The van der Waals surface area contributed by atoms with Crippen molar-refractivity contribution in [1.29, 1.82) is 0 Å². The fourth-order valence-corrected chi connectivity index (χ4v) is 3.86. The maximum Gasteiger partial charge on any atom is 0.276 e. The van der Waals surface area contributed by atoms with Crippen molar-refractivity contribution in [3.05, 3.63) is 35.7 Å². The summed E-state index contributed by atoms with van der Waals surface area (Å²) >= 11 is 1.88. The van der Waals surface area contributed by atoms with E-state index in [1.807, 2.05) is 41.8 Å². The van der Waals surface area contributed by atoms with Crippen LogP contribution in [-0.4, -0.2) is 70.7 Å². The summed E-state index contributed by atoms with van der Waals surface area (Å²) in [6, 6.07) is 5.91. The van der Waals surface area contributed by atoms with Crippen molar-refractivity contribution in [2.24, 2.45) is 0 Å². The van der Waals surface area contributed by atoms with Gasteiger partial charge in [-0.3, -0.25) is 9.48 Å². The second kappa shape index (κ2) is 10.3. The molecule has 0 unspecified atom stereocenters. The highest BCUT2D eigenvalue weighted by molar-refractivity contribution is 7.99. The number of amides is 1. The van der Waals surface area contributed by atoms with Crippen LogP contribution < -0.4 is 14.8 Å². The number of benzene rings is 1. The number of carbonyl (C=O) groups is 1. The summed E-state index contributed by atoms with van der Waals surface area (Å²) in [6.45, 7) is 6.17. The summed E-state index contributed by atoms with van der Waals surface area (Å²) < 4.78 is 12.6. The lowest BCUT2D eigenvalue weighted by Crippen LogP contribution is -2.38. The Morgan fingerprint density at radius 2 is 2.11 bits per heavy atom. The number of nitrogens with one attached hydrogen (secondary N) is 1. The van der Waals surface area contributed by atoms with E-state index in [0.717, 1.165) is 41.7 Å². The largest absolute Gasteiger partial charge is 0.493 e. The first-order valence-electron chi connectivity index (χ1n) is 9.49. The third-order valence-corrected chi connectivity index (χ3v) is 5.37. The van der Waals surface area contributed by atoms with E-state index in [1.54, 1.807) is 18.0 Å². The van der Waals surface area contributed by atoms with Crippen LogP contribution in [0.2, 0.25) is 0 Å². The number of carbonyl (C=O) groups excluding carboxylic acids is 1. The normalized spacial score (nSPS) is 14.1. The molecule has 0 bridgehead atoms. The molecular formula is C19H27N5O3S. The molecule has 1 N–H and O–H groups in total. The molecule has 1 amide bonds. The third-order valence-electron chi connectivity index (χ3n) is 4.43. The van der Waals surface area contributed by atoms with Crippen LogP contribution in [0.25, 0.3) is 0 Å². The van der Waals surface area contributed by atoms with E-state index in [2.05, 4.69) is 15.6 Å². The van der Waals surface area contributed by atoms with E-state index < -0.39 is 0 Å². The number of nitrogens with zero attached hydrogens (tertiary/aromatic N) is 4. The van der Waals surface area contributed by atoms with Gasteiger partial charge in [-0.1, -0.05) is 11.3 Å². The number of methoxy groups -OCH3 is 1. The number of hydrogen-bond acceptors (Lipinski definition) is 7. The van der Waals surface area contributed by atoms with Gasteiger partial charge in [0, 0.05) is 37.7 Å². The Labute approximate surface area is 169 Å². The summed E-state index contributed by atoms with van der Waals surface area (Å²) in [5.41, 5.74) is 1.53. The van der Waals surface area contributed by atoms with Gasteiger partial charge in [-0.05, 0) is 24.6 Å². The van der Waals surface area contributed by atoms with Crippen molar-refractivity contribution < 1.29 is 14.3 Å². The van der Waals surface area contributed by atoms with Gasteiger partial charge in [0.15, 0.2) is 17.2 Å². The average molecular weight is 406 g/mol. The highest BCUT2D eigenvalue weighted by atomic mass is 32.2. The molecule has 9 heteroatoms. The molecule has 152 valence electrons. The molecule has 1 aliphatic heterocycles. The Kier molecular flexibility index (Phi) is 7.55. The van der Waals surface area contributed by atoms with Gasteiger partial charge in [-0.25, -0.2) is 0 Å². The number of thioether (sulfide) groups is 1. The molecule has 0 radical (unpaired) electrons. The van der Waals surface area contributed by atoms with Crippen LogP contribution in [0.4, 0.5) is 0 Å². The minimum Gasteiger partial charge on any atom is -0.493 e. The number of ether oxygens (including phenoxy) is 2. The predicted octanol–water partition coefficient (Wildman–Crippen LogP) is 1.66. The van der Waals surface area contributed by atoms with Gasteiger partial charge in [0.05, 0.1) is 26.5 Å². The lowest BCUT2D eigenvalue weighted by atomic mass is 10.2. The average Bonchev–Trinajstić information content (AvgIpc) is 3.21. The zero-order chi connectivity index (χ0) is 19.8. The van der Waals surface area contributed by atoms with Gasteiger partial charge in [-0.2, -0.15) is 11.8 Å². The quantitative estimate of drug-likeness (QED) is 0.636. The summed E-state index contributed by atoms with van der Waals surface area (Å²) in [4.78, 5) is 14.3. The van der Waals surface area contributed by atoms with Gasteiger partial charge < -0.3 is 19.7 Å². The van der Waals surface area contributed by atoms with E-state index in [0.29, 0.717) is 31.9 Å². The topological polar surface area (TPSA) is 81.5 Å². The molecule has 1 saturated heterocycles. The lowest BCUT2D eigenvalue weighted by Gasteiger charge is -2.25. The molecule has 0 saturated carbocycles.